The average molecular weight is 311 g/mol. The molecule has 0 heteroatoms. The molecule has 0 saturated heterocycles. The third kappa shape index (κ3) is 16.4. The summed E-state index contributed by atoms with van der Waals surface area (Å²) in [7, 11) is 0. The minimum Gasteiger partial charge on any atom is -0.0654 e. The van der Waals surface area contributed by atoms with Crippen LogP contribution in [0, 0.1) is 5.92 Å². The molecular formula is C22H46. The van der Waals surface area contributed by atoms with Crippen molar-refractivity contribution in [1.29, 1.82) is 0 Å². The van der Waals surface area contributed by atoms with E-state index in [0.717, 1.165) is 5.92 Å². The topological polar surface area (TPSA) is 0 Å². The first-order valence-electron chi connectivity index (χ1n) is 10.8. The Hall–Kier alpha value is 0. The molecule has 0 aromatic carbocycles. The van der Waals surface area contributed by atoms with Crippen molar-refractivity contribution in [2.45, 2.75) is 136 Å². The van der Waals surface area contributed by atoms with Crippen LogP contribution in [0.5, 0.6) is 0 Å². The number of hydrogen-bond donors (Lipinski definition) is 0. The van der Waals surface area contributed by atoms with E-state index in [2.05, 4.69) is 20.8 Å². The van der Waals surface area contributed by atoms with Gasteiger partial charge in [-0.3, -0.25) is 0 Å². The summed E-state index contributed by atoms with van der Waals surface area (Å²) in [6.45, 7) is 6.95. The monoisotopic (exact) mass is 310 g/mol. The summed E-state index contributed by atoms with van der Waals surface area (Å²) in [6.07, 6.45) is 26.3. The van der Waals surface area contributed by atoms with Crippen LogP contribution in [0.4, 0.5) is 0 Å². The van der Waals surface area contributed by atoms with Gasteiger partial charge in [0, 0.05) is 0 Å². The lowest BCUT2D eigenvalue weighted by atomic mass is 9.89. The van der Waals surface area contributed by atoms with Gasteiger partial charge < -0.3 is 0 Å². The minimum atomic E-state index is 1.05. The van der Waals surface area contributed by atoms with Crippen molar-refractivity contribution in [3.05, 3.63) is 0 Å². The number of rotatable bonds is 18. The van der Waals surface area contributed by atoms with Crippen LogP contribution >= 0.6 is 0 Å². The largest absolute Gasteiger partial charge is 0.0654 e. The highest BCUT2D eigenvalue weighted by Gasteiger charge is 2.08. The Morgan fingerprint density at radius 1 is 0.364 bits per heavy atom. The average Bonchev–Trinajstić information content (AvgIpc) is 2.53. The molecule has 0 nitrogen and oxygen atoms in total. The van der Waals surface area contributed by atoms with Gasteiger partial charge in [-0.25, -0.2) is 0 Å². The molecule has 0 rings (SSSR count). The van der Waals surface area contributed by atoms with Gasteiger partial charge in [0.1, 0.15) is 0 Å². The van der Waals surface area contributed by atoms with Crippen molar-refractivity contribution >= 4 is 0 Å². The van der Waals surface area contributed by atoms with Crippen molar-refractivity contribution in [3.8, 4) is 0 Å². The summed E-state index contributed by atoms with van der Waals surface area (Å²) in [5.41, 5.74) is 0. The zero-order valence-corrected chi connectivity index (χ0v) is 16.3. The van der Waals surface area contributed by atoms with E-state index in [-0.39, 0.29) is 0 Å². The van der Waals surface area contributed by atoms with Crippen molar-refractivity contribution < 1.29 is 0 Å². The number of unbranched alkanes of at least 4 members (excludes halogenated alkanes) is 12. The second-order valence-electron chi connectivity index (χ2n) is 7.47. The molecule has 0 amide bonds. The van der Waals surface area contributed by atoms with Crippen molar-refractivity contribution in [2.75, 3.05) is 0 Å². The molecule has 0 aromatic rings. The normalized spacial score (nSPS) is 11.5. The molecule has 0 bridgehead atoms. The fourth-order valence-corrected chi connectivity index (χ4v) is 3.54. The van der Waals surface area contributed by atoms with E-state index in [9.17, 15) is 0 Å². The molecule has 0 aliphatic rings. The van der Waals surface area contributed by atoms with E-state index in [4.69, 9.17) is 0 Å². The Labute approximate surface area is 142 Å². The second kappa shape index (κ2) is 19.0. The van der Waals surface area contributed by atoms with Crippen LogP contribution in [0.25, 0.3) is 0 Å². The highest BCUT2D eigenvalue weighted by molar-refractivity contribution is 4.61. The Bertz CT molecular complexity index is 168. The van der Waals surface area contributed by atoms with Crippen LogP contribution in [-0.2, 0) is 0 Å². The fourth-order valence-electron chi connectivity index (χ4n) is 3.54. The SMILES string of the molecule is CCCCCCCCC(CCCCC)CCCCCCCC. The molecule has 0 spiro atoms. The lowest BCUT2D eigenvalue weighted by molar-refractivity contribution is 0.368. The van der Waals surface area contributed by atoms with Crippen molar-refractivity contribution in [2.24, 2.45) is 5.92 Å². The van der Waals surface area contributed by atoms with Gasteiger partial charge in [-0.15, -0.1) is 0 Å². The first kappa shape index (κ1) is 22.0. The van der Waals surface area contributed by atoms with E-state index in [0.29, 0.717) is 0 Å². The molecule has 0 atom stereocenters. The molecule has 0 aliphatic carbocycles. The maximum atomic E-state index is 2.33. The Balaban J connectivity index is 3.65. The summed E-state index contributed by atoms with van der Waals surface area (Å²) in [5.74, 6) is 1.05. The van der Waals surface area contributed by atoms with Gasteiger partial charge in [-0.05, 0) is 5.92 Å². The highest BCUT2D eigenvalue weighted by Crippen LogP contribution is 2.24. The summed E-state index contributed by atoms with van der Waals surface area (Å²) >= 11 is 0. The van der Waals surface area contributed by atoms with Crippen LogP contribution in [0.2, 0.25) is 0 Å². The molecule has 134 valence electrons. The first-order chi connectivity index (χ1) is 10.8. The van der Waals surface area contributed by atoms with Crippen LogP contribution in [0.3, 0.4) is 0 Å². The van der Waals surface area contributed by atoms with E-state index in [1.54, 1.807) is 0 Å². The van der Waals surface area contributed by atoms with E-state index >= 15 is 0 Å². The van der Waals surface area contributed by atoms with E-state index in [1.807, 2.05) is 0 Å². The van der Waals surface area contributed by atoms with Crippen LogP contribution < -0.4 is 0 Å². The van der Waals surface area contributed by atoms with Gasteiger partial charge in [0.2, 0.25) is 0 Å². The molecule has 0 aromatic heterocycles. The van der Waals surface area contributed by atoms with Crippen molar-refractivity contribution in [1.82, 2.24) is 0 Å². The molecule has 22 heavy (non-hydrogen) atoms. The van der Waals surface area contributed by atoms with E-state index < -0.39 is 0 Å². The minimum absolute atomic E-state index is 1.05. The summed E-state index contributed by atoms with van der Waals surface area (Å²) in [4.78, 5) is 0. The zero-order chi connectivity index (χ0) is 16.3. The molecule has 0 aliphatic heterocycles. The Kier molecular flexibility index (Phi) is 19.0. The van der Waals surface area contributed by atoms with Crippen molar-refractivity contribution in [3.63, 3.8) is 0 Å². The predicted octanol–water partition coefficient (Wildman–Crippen LogP) is 8.68. The lowest BCUT2D eigenvalue weighted by Crippen LogP contribution is -2.01. The van der Waals surface area contributed by atoms with Gasteiger partial charge in [0.05, 0.1) is 0 Å². The standard InChI is InChI=1S/C22H46/c1-4-7-10-12-14-17-20-22(19-16-9-6-3)21-18-15-13-11-8-5-2/h22H,4-21H2,1-3H3. The predicted molar refractivity (Wildman–Crippen MR) is 104 cm³/mol. The molecular weight excluding hydrogens is 264 g/mol. The van der Waals surface area contributed by atoms with Gasteiger partial charge >= 0.3 is 0 Å². The van der Waals surface area contributed by atoms with E-state index in [1.165, 1.54) is 116 Å². The molecule has 0 heterocycles. The lowest BCUT2D eigenvalue weighted by Gasteiger charge is -2.17. The summed E-state index contributed by atoms with van der Waals surface area (Å²) in [5, 5.41) is 0. The van der Waals surface area contributed by atoms with Gasteiger partial charge in [0.15, 0.2) is 0 Å². The van der Waals surface area contributed by atoms with Crippen LogP contribution in [0.1, 0.15) is 136 Å². The fraction of sp³-hybridized carbons (Fsp3) is 1.00. The molecule has 0 radical (unpaired) electrons. The van der Waals surface area contributed by atoms with Crippen LogP contribution in [-0.4, -0.2) is 0 Å². The molecule has 0 fully saturated rings. The molecule has 0 saturated carbocycles. The maximum absolute atomic E-state index is 2.33. The maximum Gasteiger partial charge on any atom is -0.0414 e. The highest BCUT2D eigenvalue weighted by atomic mass is 14.1. The second-order valence-corrected chi connectivity index (χ2v) is 7.47. The first-order valence-corrected chi connectivity index (χ1v) is 10.8. The third-order valence-electron chi connectivity index (χ3n) is 5.15. The summed E-state index contributed by atoms with van der Waals surface area (Å²) < 4.78 is 0. The summed E-state index contributed by atoms with van der Waals surface area (Å²) in [6, 6.07) is 0. The Morgan fingerprint density at radius 2 is 0.636 bits per heavy atom. The Morgan fingerprint density at radius 3 is 1.05 bits per heavy atom. The quantitative estimate of drug-likeness (QED) is 0.222. The smallest absolute Gasteiger partial charge is 0.0414 e. The number of hydrogen-bond acceptors (Lipinski definition) is 0. The van der Waals surface area contributed by atoms with Gasteiger partial charge in [-0.2, -0.15) is 0 Å². The van der Waals surface area contributed by atoms with Crippen LogP contribution in [0.15, 0.2) is 0 Å². The zero-order valence-electron chi connectivity index (χ0n) is 16.3. The van der Waals surface area contributed by atoms with Gasteiger partial charge in [0.25, 0.3) is 0 Å². The molecule has 0 N–H and O–H groups in total. The third-order valence-corrected chi connectivity index (χ3v) is 5.15. The van der Waals surface area contributed by atoms with Gasteiger partial charge in [-0.1, -0.05) is 136 Å². The molecule has 0 unspecified atom stereocenters.